The summed E-state index contributed by atoms with van der Waals surface area (Å²) in [6.07, 6.45) is 4.00. The van der Waals surface area contributed by atoms with Crippen molar-refractivity contribution in [3.63, 3.8) is 0 Å². The van der Waals surface area contributed by atoms with Gasteiger partial charge in [-0.2, -0.15) is 12.6 Å². The molecule has 0 bridgehead atoms. The van der Waals surface area contributed by atoms with Gasteiger partial charge in [0.25, 0.3) is 0 Å². The second kappa shape index (κ2) is 9.51. The minimum Gasteiger partial charge on any atom is -0.356 e. The average Bonchev–Trinajstić information content (AvgIpc) is 2.21. The Labute approximate surface area is 110 Å². The van der Waals surface area contributed by atoms with E-state index >= 15 is 0 Å². The molecule has 0 saturated carbocycles. The Morgan fingerprint density at radius 3 is 2.29 bits per heavy atom. The van der Waals surface area contributed by atoms with Crippen LogP contribution in [0.3, 0.4) is 0 Å². The highest BCUT2D eigenvalue weighted by atomic mass is 32.1. The molecule has 0 rings (SSSR count). The van der Waals surface area contributed by atoms with Crippen LogP contribution in [0.2, 0.25) is 0 Å². The van der Waals surface area contributed by atoms with Crippen molar-refractivity contribution >= 4 is 24.3 Å². The lowest BCUT2D eigenvalue weighted by molar-refractivity contribution is -0.122. The van der Waals surface area contributed by atoms with Crippen molar-refractivity contribution in [2.75, 3.05) is 6.54 Å². The van der Waals surface area contributed by atoms with Crippen LogP contribution in [0.25, 0.3) is 0 Å². The van der Waals surface area contributed by atoms with Gasteiger partial charge in [0.2, 0.25) is 5.91 Å². The van der Waals surface area contributed by atoms with Gasteiger partial charge in [-0.15, -0.1) is 0 Å². The standard InChI is InChI=1S/C13H25NO2S/c1-10(2)12(15)7-5-4-6-8-14-13(16)9-11(3)17/h10-11,17H,4-9H2,1-3H3,(H,14,16). The van der Waals surface area contributed by atoms with E-state index < -0.39 is 0 Å². The molecule has 0 aliphatic rings. The first kappa shape index (κ1) is 16.5. The van der Waals surface area contributed by atoms with Crippen LogP contribution in [0.15, 0.2) is 0 Å². The summed E-state index contributed by atoms with van der Waals surface area (Å²) in [5, 5.41) is 2.96. The molecule has 0 spiro atoms. The zero-order chi connectivity index (χ0) is 13.3. The maximum atomic E-state index is 11.3. The number of ketones is 1. The SMILES string of the molecule is CC(S)CC(=O)NCCCCCC(=O)C(C)C. The van der Waals surface area contributed by atoms with Gasteiger partial charge in [-0.05, 0) is 12.8 Å². The molecule has 3 nitrogen and oxygen atoms in total. The van der Waals surface area contributed by atoms with E-state index in [1.165, 1.54) is 0 Å². The zero-order valence-electron chi connectivity index (χ0n) is 11.2. The van der Waals surface area contributed by atoms with Crippen molar-refractivity contribution in [1.82, 2.24) is 5.32 Å². The van der Waals surface area contributed by atoms with Crippen LogP contribution in [-0.2, 0) is 9.59 Å². The molecule has 0 aromatic carbocycles. The molecule has 0 heterocycles. The number of unbranched alkanes of at least 4 members (excludes halogenated alkanes) is 2. The summed E-state index contributed by atoms with van der Waals surface area (Å²) in [5.41, 5.74) is 0. The normalized spacial score (nSPS) is 12.5. The Kier molecular flexibility index (Phi) is 9.23. The van der Waals surface area contributed by atoms with Crippen molar-refractivity contribution in [2.24, 2.45) is 5.92 Å². The van der Waals surface area contributed by atoms with E-state index in [9.17, 15) is 9.59 Å². The number of nitrogens with one attached hydrogen (secondary N) is 1. The van der Waals surface area contributed by atoms with Gasteiger partial charge >= 0.3 is 0 Å². The molecule has 0 aromatic heterocycles. The second-order valence-corrected chi connectivity index (χ2v) is 5.72. The fraction of sp³-hybridized carbons (Fsp3) is 0.846. The Bertz CT molecular complexity index is 240. The topological polar surface area (TPSA) is 46.2 Å². The third-order valence-corrected chi connectivity index (χ3v) is 2.73. The molecule has 1 unspecified atom stereocenters. The van der Waals surface area contributed by atoms with E-state index in [1.54, 1.807) is 0 Å². The van der Waals surface area contributed by atoms with Gasteiger partial charge in [-0.25, -0.2) is 0 Å². The molecule has 1 atom stereocenters. The van der Waals surface area contributed by atoms with Crippen molar-refractivity contribution in [3.8, 4) is 0 Å². The van der Waals surface area contributed by atoms with Gasteiger partial charge in [0, 0.05) is 30.6 Å². The van der Waals surface area contributed by atoms with E-state index in [1.807, 2.05) is 20.8 Å². The summed E-state index contributed by atoms with van der Waals surface area (Å²) in [6.45, 7) is 6.47. The smallest absolute Gasteiger partial charge is 0.221 e. The molecule has 17 heavy (non-hydrogen) atoms. The first-order valence-electron chi connectivity index (χ1n) is 6.41. The Morgan fingerprint density at radius 2 is 1.76 bits per heavy atom. The number of hydrogen-bond donors (Lipinski definition) is 2. The van der Waals surface area contributed by atoms with Crippen LogP contribution in [0.1, 0.15) is 52.9 Å². The molecule has 100 valence electrons. The predicted octanol–water partition coefficient (Wildman–Crippen LogP) is 2.60. The highest BCUT2D eigenvalue weighted by molar-refractivity contribution is 7.80. The molecular weight excluding hydrogens is 234 g/mol. The Hall–Kier alpha value is -0.510. The van der Waals surface area contributed by atoms with Crippen molar-refractivity contribution in [1.29, 1.82) is 0 Å². The average molecular weight is 259 g/mol. The minimum atomic E-state index is 0.0609. The van der Waals surface area contributed by atoms with E-state index in [4.69, 9.17) is 0 Å². The van der Waals surface area contributed by atoms with E-state index in [0.29, 0.717) is 25.2 Å². The molecule has 4 heteroatoms. The fourth-order valence-electron chi connectivity index (χ4n) is 1.46. The van der Waals surface area contributed by atoms with E-state index in [0.717, 1.165) is 19.3 Å². The van der Waals surface area contributed by atoms with Gasteiger partial charge in [-0.1, -0.05) is 27.2 Å². The number of hydrogen-bond acceptors (Lipinski definition) is 3. The molecule has 0 radical (unpaired) electrons. The third kappa shape index (κ3) is 10.4. The largest absolute Gasteiger partial charge is 0.356 e. The monoisotopic (exact) mass is 259 g/mol. The Balaban J connectivity index is 3.35. The van der Waals surface area contributed by atoms with Crippen LogP contribution >= 0.6 is 12.6 Å². The predicted molar refractivity (Wildman–Crippen MR) is 74.4 cm³/mol. The summed E-state index contributed by atoms with van der Waals surface area (Å²) >= 11 is 4.16. The second-order valence-electron chi connectivity index (χ2n) is 4.83. The van der Waals surface area contributed by atoms with Crippen LogP contribution in [-0.4, -0.2) is 23.5 Å². The third-order valence-electron chi connectivity index (χ3n) is 2.55. The number of carbonyl (C=O) groups excluding carboxylic acids is 2. The highest BCUT2D eigenvalue weighted by Gasteiger charge is 2.06. The molecule has 0 fully saturated rings. The summed E-state index contributed by atoms with van der Waals surface area (Å²) in [7, 11) is 0. The van der Waals surface area contributed by atoms with Crippen LogP contribution in [0.4, 0.5) is 0 Å². The number of thiol groups is 1. The van der Waals surface area contributed by atoms with Gasteiger partial charge in [-0.3, -0.25) is 9.59 Å². The summed E-state index contributed by atoms with van der Waals surface area (Å²) in [5.74, 6) is 0.537. The van der Waals surface area contributed by atoms with Crippen LogP contribution in [0.5, 0.6) is 0 Å². The number of carbonyl (C=O) groups is 2. The van der Waals surface area contributed by atoms with Gasteiger partial charge in [0.1, 0.15) is 5.78 Å². The maximum absolute atomic E-state index is 11.3. The van der Waals surface area contributed by atoms with Crippen molar-refractivity contribution in [2.45, 2.75) is 58.1 Å². The molecular formula is C13H25NO2S. The lowest BCUT2D eigenvalue weighted by atomic mass is 10.0. The van der Waals surface area contributed by atoms with Crippen LogP contribution in [0, 0.1) is 5.92 Å². The lowest BCUT2D eigenvalue weighted by Gasteiger charge is -2.07. The molecule has 1 N–H and O–H groups in total. The van der Waals surface area contributed by atoms with Crippen molar-refractivity contribution < 1.29 is 9.59 Å². The number of Topliss-reactive ketones (excluding diaryl/α,β-unsaturated/α-hetero) is 1. The maximum Gasteiger partial charge on any atom is 0.221 e. The fourth-order valence-corrected chi connectivity index (χ4v) is 1.62. The molecule has 0 aliphatic heterocycles. The quantitative estimate of drug-likeness (QED) is 0.494. The molecule has 0 saturated heterocycles. The number of amides is 1. The first-order valence-corrected chi connectivity index (χ1v) is 6.92. The summed E-state index contributed by atoms with van der Waals surface area (Å²) in [4.78, 5) is 22.6. The molecule has 0 aliphatic carbocycles. The van der Waals surface area contributed by atoms with Gasteiger partial charge < -0.3 is 5.32 Å². The summed E-state index contributed by atoms with van der Waals surface area (Å²) < 4.78 is 0. The van der Waals surface area contributed by atoms with Gasteiger partial charge in [0.15, 0.2) is 0 Å². The Morgan fingerprint density at radius 1 is 1.12 bits per heavy atom. The first-order chi connectivity index (χ1) is 7.93. The minimum absolute atomic E-state index is 0.0609. The van der Waals surface area contributed by atoms with E-state index in [-0.39, 0.29) is 17.1 Å². The van der Waals surface area contributed by atoms with E-state index in [2.05, 4.69) is 17.9 Å². The van der Waals surface area contributed by atoms with Crippen LogP contribution < -0.4 is 5.32 Å². The van der Waals surface area contributed by atoms with Crippen molar-refractivity contribution in [3.05, 3.63) is 0 Å². The highest BCUT2D eigenvalue weighted by Crippen LogP contribution is 2.05. The number of rotatable bonds is 9. The lowest BCUT2D eigenvalue weighted by Crippen LogP contribution is -2.26. The zero-order valence-corrected chi connectivity index (χ0v) is 12.1. The summed E-state index contributed by atoms with van der Waals surface area (Å²) in [6, 6.07) is 0. The van der Waals surface area contributed by atoms with Gasteiger partial charge in [0.05, 0.1) is 0 Å². The molecule has 1 amide bonds. The molecule has 0 aromatic rings.